The van der Waals surface area contributed by atoms with E-state index >= 15 is 0 Å². The Kier molecular flexibility index (Phi) is 3.43. The SMILES string of the molecule is Cc1cc(C(=O)C(=O)NC(C)(C)C)oc1Cl. The van der Waals surface area contributed by atoms with Gasteiger partial charge in [0.1, 0.15) is 0 Å². The number of amides is 1. The summed E-state index contributed by atoms with van der Waals surface area (Å²) in [5, 5.41) is 2.69. The number of halogens is 1. The Morgan fingerprint density at radius 3 is 2.31 bits per heavy atom. The van der Waals surface area contributed by atoms with Crippen molar-refractivity contribution in [1.82, 2.24) is 5.32 Å². The Morgan fingerprint density at radius 1 is 1.38 bits per heavy atom. The zero-order valence-corrected chi connectivity index (χ0v) is 10.4. The number of hydrogen-bond acceptors (Lipinski definition) is 3. The van der Waals surface area contributed by atoms with Gasteiger partial charge in [-0.1, -0.05) is 0 Å². The minimum atomic E-state index is -0.718. The summed E-state index contributed by atoms with van der Waals surface area (Å²) < 4.78 is 4.97. The van der Waals surface area contributed by atoms with Gasteiger partial charge in [-0.15, -0.1) is 0 Å². The Balaban J connectivity index is 2.83. The van der Waals surface area contributed by atoms with Gasteiger partial charge >= 0.3 is 0 Å². The summed E-state index contributed by atoms with van der Waals surface area (Å²) in [6.07, 6.45) is 0. The number of aryl methyl sites for hydroxylation is 1. The fourth-order valence-electron chi connectivity index (χ4n) is 1.08. The van der Waals surface area contributed by atoms with Crippen LogP contribution in [0.1, 0.15) is 36.9 Å². The van der Waals surface area contributed by atoms with Crippen LogP contribution in [0.3, 0.4) is 0 Å². The molecule has 1 rings (SSSR count). The minimum absolute atomic E-state index is 0.0377. The van der Waals surface area contributed by atoms with Crippen molar-refractivity contribution in [2.24, 2.45) is 0 Å². The summed E-state index contributed by atoms with van der Waals surface area (Å²) in [4.78, 5) is 23.1. The Labute approximate surface area is 99.0 Å². The fraction of sp³-hybridized carbons (Fsp3) is 0.455. The van der Waals surface area contributed by atoms with Gasteiger partial charge in [-0.05, 0) is 45.4 Å². The highest BCUT2D eigenvalue weighted by Gasteiger charge is 2.24. The molecule has 4 nitrogen and oxygen atoms in total. The Morgan fingerprint density at radius 2 is 1.94 bits per heavy atom. The van der Waals surface area contributed by atoms with Crippen molar-refractivity contribution in [3.05, 3.63) is 22.6 Å². The number of rotatable bonds is 2. The summed E-state index contributed by atoms with van der Waals surface area (Å²) >= 11 is 5.66. The molecule has 0 aromatic carbocycles. The third-order valence-corrected chi connectivity index (χ3v) is 2.15. The molecule has 0 saturated heterocycles. The van der Waals surface area contributed by atoms with Crippen LogP contribution in [0, 0.1) is 6.92 Å². The molecule has 1 amide bonds. The van der Waals surface area contributed by atoms with E-state index in [1.807, 2.05) is 0 Å². The molecule has 0 saturated carbocycles. The highest BCUT2D eigenvalue weighted by atomic mass is 35.5. The van der Waals surface area contributed by atoms with Gasteiger partial charge in [0.15, 0.2) is 11.0 Å². The number of furan rings is 1. The molecule has 0 aliphatic rings. The monoisotopic (exact) mass is 243 g/mol. The number of carbonyl (C=O) groups is 2. The zero-order chi connectivity index (χ0) is 12.5. The van der Waals surface area contributed by atoms with Crippen molar-refractivity contribution in [2.45, 2.75) is 33.2 Å². The van der Waals surface area contributed by atoms with Crippen LogP contribution in [0.25, 0.3) is 0 Å². The molecule has 1 heterocycles. The van der Waals surface area contributed by atoms with E-state index in [4.69, 9.17) is 16.0 Å². The van der Waals surface area contributed by atoms with Gasteiger partial charge in [-0.25, -0.2) is 0 Å². The van der Waals surface area contributed by atoms with E-state index in [9.17, 15) is 9.59 Å². The van der Waals surface area contributed by atoms with E-state index in [0.29, 0.717) is 5.56 Å². The molecular weight excluding hydrogens is 230 g/mol. The van der Waals surface area contributed by atoms with E-state index < -0.39 is 17.2 Å². The topological polar surface area (TPSA) is 59.3 Å². The minimum Gasteiger partial charge on any atom is -0.441 e. The second-order valence-electron chi connectivity index (χ2n) is 4.60. The first-order valence-corrected chi connectivity index (χ1v) is 5.21. The molecule has 0 bridgehead atoms. The summed E-state index contributed by atoms with van der Waals surface area (Å²) in [6, 6.07) is 1.45. The second kappa shape index (κ2) is 4.29. The van der Waals surface area contributed by atoms with Crippen molar-refractivity contribution in [3.63, 3.8) is 0 Å². The van der Waals surface area contributed by atoms with Crippen LogP contribution < -0.4 is 5.32 Å². The molecule has 0 aliphatic carbocycles. The van der Waals surface area contributed by atoms with Crippen LogP contribution in [-0.2, 0) is 4.79 Å². The molecule has 0 aliphatic heterocycles. The lowest BCUT2D eigenvalue weighted by Crippen LogP contribution is -2.44. The van der Waals surface area contributed by atoms with Crippen LogP contribution in [0.5, 0.6) is 0 Å². The number of carbonyl (C=O) groups excluding carboxylic acids is 2. The molecule has 0 radical (unpaired) electrons. The summed E-state index contributed by atoms with van der Waals surface area (Å²) in [5.41, 5.74) is 0.173. The predicted molar refractivity (Wildman–Crippen MR) is 60.7 cm³/mol. The molecule has 1 N–H and O–H groups in total. The van der Waals surface area contributed by atoms with Crippen LogP contribution in [0.2, 0.25) is 5.22 Å². The maximum atomic E-state index is 11.6. The van der Waals surface area contributed by atoms with E-state index in [-0.39, 0.29) is 11.0 Å². The smallest absolute Gasteiger partial charge is 0.296 e. The van der Waals surface area contributed by atoms with E-state index in [0.717, 1.165) is 0 Å². The van der Waals surface area contributed by atoms with Crippen LogP contribution in [-0.4, -0.2) is 17.2 Å². The maximum absolute atomic E-state index is 11.6. The maximum Gasteiger partial charge on any atom is 0.296 e. The van der Waals surface area contributed by atoms with Gasteiger partial charge < -0.3 is 9.73 Å². The van der Waals surface area contributed by atoms with Gasteiger partial charge in [0.2, 0.25) is 0 Å². The van der Waals surface area contributed by atoms with Gasteiger partial charge in [0.05, 0.1) is 0 Å². The van der Waals surface area contributed by atoms with Crippen molar-refractivity contribution < 1.29 is 14.0 Å². The third kappa shape index (κ3) is 3.10. The number of Topliss-reactive ketones (excluding diaryl/α,β-unsaturated/α-hetero) is 1. The van der Waals surface area contributed by atoms with Crippen molar-refractivity contribution in [1.29, 1.82) is 0 Å². The highest BCUT2D eigenvalue weighted by molar-refractivity contribution is 6.42. The van der Waals surface area contributed by atoms with Crippen LogP contribution >= 0.6 is 11.6 Å². The lowest BCUT2D eigenvalue weighted by Gasteiger charge is -2.19. The van der Waals surface area contributed by atoms with Gasteiger partial charge in [-0.3, -0.25) is 9.59 Å². The molecule has 1 aromatic rings. The molecular formula is C11H14ClNO3. The van der Waals surface area contributed by atoms with Crippen molar-refractivity contribution in [3.8, 4) is 0 Å². The number of nitrogens with one attached hydrogen (secondary N) is 1. The normalized spacial score (nSPS) is 11.3. The lowest BCUT2D eigenvalue weighted by atomic mass is 10.1. The lowest BCUT2D eigenvalue weighted by molar-refractivity contribution is -0.118. The average molecular weight is 244 g/mol. The van der Waals surface area contributed by atoms with Gasteiger partial charge in [0, 0.05) is 11.1 Å². The second-order valence-corrected chi connectivity index (χ2v) is 4.94. The number of hydrogen-bond donors (Lipinski definition) is 1. The third-order valence-electron chi connectivity index (χ3n) is 1.78. The summed E-state index contributed by atoms with van der Waals surface area (Å²) in [7, 11) is 0. The molecule has 0 atom stereocenters. The zero-order valence-electron chi connectivity index (χ0n) is 9.68. The molecule has 0 unspecified atom stereocenters. The quantitative estimate of drug-likeness (QED) is 0.641. The van der Waals surface area contributed by atoms with E-state index in [1.165, 1.54) is 6.07 Å². The standard InChI is InChI=1S/C11H14ClNO3/c1-6-5-7(16-9(6)12)8(14)10(15)13-11(2,3)4/h5H,1-4H3,(H,13,15). The number of ketones is 1. The average Bonchev–Trinajstić information content (AvgIpc) is 2.43. The largest absolute Gasteiger partial charge is 0.441 e. The Bertz CT molecular complexity index is 409. The molecule has 88 valence electrons. The first-order chi connectivity index (χ1) is 7.20. The van der Waals surface area contributed by atoms with Crippen molar-refractivity contribution >= 4 is 23.3 Å². The van der Waals surface area contributed by atoms with Gasteiger partial charge in [-0.2, -0.15) is 0 Å². The van der Waals surface area contributed by atoms with Crippen molar-refractivity contribution in [2.75, 3.05) is 0 Å². The first kappa shape index (κ1) is 12.8. The van der Waals surface area contributed by atoms with E-state index in [2.05, 4.69) is 5.32 Å². The highest BCUT2D eigenvalue weighted by Crippen LogP contribution is 2.20. The molecule has 5 heteroatoms. The first-order valence-electron chi connectivity index (χ1n) is 4.83. The molecule has 0 spiro atoms. The van der Waals surface area contributed by atoms with Crippen LogP contribution in [0.4, 0.5) is 0 Å². The summed E-state index contributed by atoms with van der Waals surface area (Å²) in [6.45, 7) is 7.07. The molecule has 0 fully saturated rings. The molecule has 16 heavy (non-hydrogen) atoms. The Hall–Kier alpha value is -1.29. The fourth-order valence-corrected chi connectivity index (χ4v) is 1.22. The summed E-state index contributed by atoms with van der Waals surface area (Å²) in [5.74, 6) is -1.45. The van der Waals surface area contributed by atoms with Gasteiger partial charge in [0.25, 0.3) is 11.7 Å². The van der Waals surface area contributed by atoms with E-state index in [1.54, 1.807) is 27.7 Å². The molecule has 1 aromatic heterocycles. The predicted octanol–water partition coefficient (Wildman–Crippen LogP) is 2.34. The van der Waals surface area contributed by atoms with Crippen LogP contribution in [0.15, 0.2) is 10.5 Å².